The number of likely N-dealkylation sites (tertiary alicyclic amines) is 1. The molecule has 4 heterocycles. The minimum atomic E-state index is -0.0200. The molecule has 150 valence electrons. The number of piperidine rings is 1. The molecule has 1 amide bonds. The van der Waals surface area contributed by atoms with Crippen molar-refractivity contribution in [3.05, 3.63) is 34.2 Å². The highest BCUT2D eigenvalue weighted by molar-refractivity contribution is 6.02. The van der Waals surface area contributed by atoms with Gasteiger partial charge in [0.25, 0.3) is 5.91 Å². The van der Waals surface area contributed by atoms with Crippen LogP contribution in [0.3, 0.4) is 0 Å². The lowest BCUT2D eigenvalue weighted by Gasteiger charge is -2.32. The molecule has 0 spiro atoms. The first-order valence-electron chi connectivity index (χ1n) is 10.4. The summed E-state index contributed by atoms with van der Waals surface area (Å²) in [6.07, 6.45) is 6.57. The molecule has 7 heteroatoms. The van der Waals surface area contributed by atoms with Crippen molar-refractivity contribution in [1.82, 2.24) is 24.6 Å². The summed E-state index contributed by atoms with van der Waals surface area (Å²) in [4.78, 5) is 30.2. The fourth-order valence-corrected chi connectivity index (χ4v) is 4.83. The number of nitrogens with zero attached hydrogens (tertiary/aromatic N) is 4. The number of Topliss-reactive ketones (excluding diaryl/α,β-unsaturated/α-hetero) is 1. The molecule has 2 aliphatic rings. The highest BCUT2D eigenvalue weighted by atomic mass is 16.2. The smallest absolute Gasteiger partial charge is 0.270 e. The average molecular weight is 383 g/mol. The molecular weight excluding hydrogens is 354 g/mol. The van der Waals surface area contributed by atoms with Gasteiger partial charge in [0.05, 0.1) is 0 Å². The van der Waals surface area contributed by atoms with Crippen LogP contribution in [0.25, 0.3) is 0 Å². The number of hydrogen-bond donors (Lipinski definition) is 1. The van der Waals surface area contributed by atoms with Gasteiger partial charge in [0.1, 0.15) is 17.3 Å². The molecule has 1 unspecified atom stereocenters. The summed E-state index contributed by atoms with van der Waals surface area (Å²) < 4.78 is 2.30. The van der Waals surface area contributed by atoms with Crippen molar-refractivity contribution in [2.24, 2.45) is 0 Å². The van der Waals surface area contributed by atoms with Crippen LogP contribution in [0, 0.1) is 13.8 Å². The third-order valence-electron chi connectivity index (χ3n) is 6.22. The van der Waals surface area contributed by atoms with E-state index in [1.807, 2.05) is 18.7 Å². The van der Waals surface area contributed by atoms with Crippen LogP contribution >= 0.6 is 0 Å². The molecule has 2 aromatic heterocycles. The lowest BCUT2D eigenvalue weighted by Crippen LogP contribution is -2.40. The molecule has 1 N–H and O–H groups in total. The number of nitrogens with one attached hydrogen (secondary N) is 1. The Morgan fingerprint density at radius 2 is 1.89 bits per heavy atom. The quantitative estimate of drug-likeness (QED) is 0.825. The van der Waals surface area contributed by atoms with Crippen LogP contribution in [0.5, 0.6) is 0 Å². The number of aryl methyl sites for hydroxylation is 2. The van der Waals surface area contributed by atoms with Crippen molar-refractivity contribution in [3.63, 3.8) is 0 Å². The van der Waals surface area contributed by atoms with E-state index in [2.05, 4.69) is 19.7 Å². The molecule has 1 atom stereocenters. The molecule has 1 fully saturated rings. The number of aromatic amines is 1. The number of hydrogen-bond acceptors (Lipinski definition) is 4. The van der Waals surface area contributed by atoms with E-state index >= 15 is 0 Å². The fourth-order valence-electron chi connectivity index (χ4n) is 4.83. The van der Waals surface area contributed by atoms with Gasteiger partial charge in [0.15, 0.2) is 5.78 Å². The number of fused-ring (bicyclic) bond motifs is 1. The van der Waals surface area contributed by atoms with E-state index in [-0.39, 0.29) is 17.6 Å². The summed E-state index contributed by atoms with van der Waals surface area (Å²) >= 11 is 0. The van der Waals surface area contributed by atoms with E-state index in [1.165, 1.54) is 19.3 Å². The Morgan fingerprint density at radius 1 is 1.07 bits per heavy atom. The predicted octanol–water partition coefficient (Wildman–Crippen LogP) is 3.17. The molecular formula is C21H29N5O2. The Kier molecular flexibility index (Phi) is 5.08. The number of carbonyl (C=O) groups excluding carboxylic acids is 2. The first-order chi connectivity index (χ1) is 13.5. The Balaban J connectivity index is 1.56. The Labute approximate surface area is 165 Å². The van der Waals surface area contributed by atoms with E-state index in [4.69, 9.17) is 0 Å². The lowest BCUT2D eigenvalue weighted by molar-refractivity contribution is 0.0697. The molecule has 2 aliphatic heterocycles. The minimum absolute atomic E-state index is 0.00651. The van der Waals surface area contributed by atoms with Crippen LogP contribution in [0.15, 0.2) is 0 Å². The summed E-state index contributed by atoms with van der Waals surface area (Å²) in [6.45, 7) is 7.63. The SMILES string of the molecule is CC(=O)c1c(C)[nH]c(C(=O)N2CCCC(c3nnc4n3CCCCC4)C2)c1C. The largest absolute Gasteiger partial charge is 0.354 e. The van der Waals surface area contributed by atoms with Gasteiger partial charge in [0.2, 0.25) is 0 Å². The van der Waals surface area contributed by atoms with Crippen LogP contribution in [0.2, 0.25) is 0 Å². The Morgan fingerprint density at radius 3 is 2.64 bits per heavy atom. The van der Waals surface area contributed by atoms with Gasteiger partial charge in [-0.3, -0.25) is 9.59 Å². The van der Waals surface area contributed by atoms with Crippen LogP contribution in [0.4, 0.5) is 0 Å². The van der Waals surface area contributed by atoms with Crippen molar-refractivity contribution in [2.45, 2.75) is 71.8 Å². The van der Waals surface area contributed by atoms with Gasteiger partial charge in [-0.1, -0.05) is 6.42 Å². The third kappa shape index (κ3) is 3.27. The van der Waals surface area contributed by atoms with E-state index < -0.39 is 0 Å². The molecule has 0 saturated carbocycles. The zero-order valence-corrected chi connectivity index (χ0v) is 17.0. The van der Waals surface area contributed by atoms with Gasteiger partial charge in [-0.15, -0.1) is 10.2 Å². The standard InChI is InChI=1S/C21H29N5O2/c1-13-18(15(3)27)14(2)22-19(13)21(28)25-10-7-8-16(12-25)20-24-23-17-9-5-4-6-11-26(17)20/h16,22H,4-12H2,1-3H3. The lowest BCUT2D eigenvalue weighted by atomic mass is 9.96. The fraction of sp³-hybridized carbons (Fsp3) is 0.619. The highest BCUT2D eigenvalue weighted by Crippen LogP contribution is 2.29. The second-order valence-electron chi connectivity index (χ2n) is 8.21. The van der Waals surface area contributed by atoms with Gasteiger partial charge in [0, 0.05) is 43.2 Å². The molecule has 7 nitrogen and oxygen atoms in total. The Hall–Kier alpha value is -2.44. The summed E-state index contributed by atoms with van der Waals surface area (Å²) in [5.74, 6) is 2.33. The topological polar surface area (TPSA) is 83.9 Å². The van der Waals surface area contributed by atoms with Crippen LogP contribution < -0.4 is 0 Å². The van der Waals surface area contributed by atoms with E-state index in [0.717, 1.165) is 55.3 Å². The van der Waals surface area contributed by atoms with Crippen molar-refractivity contribution < 1.29 is 9.59 Å². The summed E-state index contributed by atoms with van der Waals surface area (Å²) in [7, 11) is 0. The maximum absolute atomic E-state index is 13.2. The number of ketones is 1. The molecule has 1 saturated heterocycles. The zero-order chi connectivity index (χ0) is 19.8. The highest BCUT2D eigenvalue weighted by Gasteiger charge is 2.31. The first kappa shape index (κ1) is 18.9. The van der Waals surface area contributed by atoms with Gasteiger partial charge in [-0.05, 0) is 52.0 Å². The number of carbonyl (C=O) groups is 2. The molecule has 28 heavy (non-hydrogen) atoms. The van der Waals surface area contributed by atoms with Gasteiger partial charge >= 0.3 is 0 Å². The van der Waals surface area contributed by atoms with E-state index in [0.29, 0.717) is 17.8 Å². The molecule has 0 aromatic carbocycles. The van der Waals surface area contributed by atoms with Crippen LogP contribution in [-0.4, -0.2) is 49.4 Å². The van der Waals surface area contributed by atoms with Gasteiger partial charge in [-0.2, -0.15) is 0 Å². The summed E-state index contributed by atoms with van der Waals surface area (Å²) in [6, 6.07) is 0. The maximum Gasteiger partial charge on any atom is 0.270 e. The van der Waals surface area contributed by atoms with Crippen LogP contribution in [-0.2, 0) is 13.0 Å². The van der Waals surface area contributed by atoms with Crippen molar-refractivity contribution >= 4 is 11.7 Å². The predicted molar refractivity (Wildman–Crippen MR) is 106 cm³/mol. The van der Waals surface area contributed by atoms with Gasteiger partial charge < -0.3 is 14.5 Å². The number of aromatic nitrogens is 4. The van der Waals surface area contributed by atoms with Gasteiger partial charge in [-0.25, -0.2) is 0 Å². The minimum Gasteiger partial charge on any atom is -0.354 e. The second-order valence-corrected chi connectivity index (χ2v) is 8.21. The average Bonchev–Trinajstić information content (AvgIpc) is 3.12. The monoisotopic (exact) mass is 383 g/mol. The number of amides is 1. The van der Waals surface area contributed by atoms with Crippen molar-refractivity contribution in [2.75, 3.05) is 13.1 Å². The first-order valence-corrected chi connectivity index (χ1v) is 10.4. The van der Waals surface area contributed by atoms with E-state index in [1.54, 1.807) is 6.92 Å². The van der Waals surface area contributed by atoms with E-state index in [9.17, 15) is 9.59 Å². The zero-order valence-electron chi connectivity index (χ0n) is 17.0. The van der Waals surface area contributed by atoms with Crippen LogP contribution in [0.1, 0.15) is 88.7 Å². The van der Waals surface area contributed by atoms with Crippen molar-refractivity contribution in [3.8, 4) is 0 Å². The van der Waals surface area contributed by atoms with Crippen molar-refractivity contribution in [1.29, 1.82) is 0 Å². The molecule has 0 radical (unpaired) electrons. The third-order valence-corrected chi connectivity index (χ3v) is 6.22. The second kappa shape index (κ2) is 7.53. The Bertz CT molecular complexity index is 910. The number of H-pyrrole nitrogens is 1. The maximum atomic E-state index is 13.2. The summed E-state index contributed by atoms with van der Waals surface area (Å²) in [5.41, 5.74) is 2.71. The molecule has 0 bridgehead atoms. The summed E-state index contributed by atoms with van der Waals surface area (Å²) in [5, 5.41) is 8.95. The molecule has 2 aromatic rings. The number of rotatable bonds is 3. The normalized spacial score (nSPS) is 20.0. The molecule has 4 rings (SSSR count). The molecule has 0 aliphatic carbocycles.